The van der Waals surface area contributed by atoms with E-state index in [0.717, 1.165) is 16.8 Å². The number of benzene rings is 2. The fourth-order valence-corrected chi connectivity index (χ4v) is 3.09. The molecule has 0 bridgehead atoms. The molecule has 0 atom stereocenters. The summed E-state index contributed by atoms with van der Waals surface area (Å²) < 4.78 is 3.20. The molecule has 2 aromatic carbocycles. The van der Waals surface area contributed by atoms with Crippen LogP contribution in [0.25, 0.3) is 16.7 Å². The van der Waals surface area contributed by atoms with Crippen molar-refractivity contribution in [2.45, 2.75) is 13.5 Å². The molecule has 0 unspecified atom stereocenters. The van der Waals surface area contributed by atoms with Crippen molar-refractivity contribution in [2.24, 2.45) is 0 Å². The van der Waals surface area contributed by atoms with E-state index in [0.29, 0.717) is 27.6 Å². The van der Waals surface area contributed by atoms with Gasteiger partial charge in [-0.1, -0.05) is 47.0 Å². The molecule has 5 nitrogen and oxygen atoms in total. The first-order valence-electron chi connectivity index (χ1n) is 7.97. The van der Waals surface area contributed by atoms with Crippen LogP contribution in [0.4, 0.5) is 0 Å². The van der Waals surface area contributed by atoms with Gasteiger partial charge in [0, 0.05) is 0 Å². The van der Waals surface area contributed by atoms with Crippen LogP contribution in [-0.2, 0) is 6.54 Å². The number of nitrogens with zero attached hydrogens (tertiary/aromatic N) is 4. The highest BCUT2D eigenvalue weighted by atomic mass is 35.5. The third-order valence-corrected chi connectivity index (χ3v) is 4.91. The lowest BCUT2D eigenvalue weighted by atomic mass is 10.2. The summed E-state index contributed by atoms with van der Waals surface area (Å²) in [5.74, 6) is 0. The summed E-state index contributed by atoms with van der Waals surface area (Å²) in [6, 6.07) is 13.2. The molecule has 2 heterocycles. The van der Waals surface area contributed by atoms with Gasteiger partial charge in [0.05, 0.1) is 28.5 Å². The number of rotatable bonds is 3. The second-order valence-corrected chi connectivity index (χ2v) is 6.87. The molecular formula is C19H14Cl2N4O. The summed E-state index contributed by atoms with van der Waals surface area (Å²) in [6.07, 6.45) is 3.08. The standard InChI is InChI=1S/C19H14Cl2N4O/c1-12-2-5-14(6-3-12)25-18-15(9-23-25)19(26)24(11-22-18)10-13-4-7-16(20)17(21)8-13/h2-9,11H,10H2,1H3. The minimum absolute atomic E-state index is 0.153. The quantitative estimate of drug-likeness (QED) is 0.530. The lowest BCUT2D eigenvalue weighted by Crippen LogP contribution is -2.21. The normalized spacial score (nSPS) is 11.2. The molecule has 7 heteroatoms. The van der Waals surface area contributed by atoms with E-state index in [4.69, 9.17) is 23.2 Å². The third-order valence-electron chi connectivity index (χ3n) is 4.17. The van der Waals surface area contributed by atoms with Crippen molar-refractivity contribution in [2.75, 3.05) is 0 Å². The van der Waals surface area contributed by atoms with E-state index in [1.165, 1.54) is 10.9 Å². The highest BCUT2D eigenvalue weighted by Crippen LogP contribution is 2.23. The molecule has 0 aliphatic heterocycles. The van der Waals surface area contributed by atoms with Gasteiger partial charge in [-0.15, -0.1) is 0 Å². The van der Waals surface area contributed by atoms with Gasteiger partial charge in [0.25, 0.3) is 5.56 Å². The molecule has 0 fully saturated rings. The zero-order valence-corrected chi connectivity index (χ0v) is 15.4. The molecule has 4 rings (SSSR count). The smallest absolute Gasteiger partial charge is 0.264 e. The summed E-state index contributed by atoms with van der Waals surface area (Å²) in [4.78, 5) is 17.2. The summed E-state index contributed by atoms with van der Waals surface area (Å²) >= 11 is 12.0. The zero-order valence-electron chi connectivity index (χ0n) is 13.9. The van der Waals surface area contributed by atoms with Gasteiger partial charge in [-0.2, -0.15) is 5.10 Å². The van der Waals surface area contributed by atoms with E-state index < -0.39 is 0 Å². The van der Waals surface area contributed by atoms with Crippen LogP contribution in [0, 0.1) is 6.92 Å². The summed E-state index contributed by atoms with van der Waals surface area (Å²) in [5, 5.41) is 5.74. The number of hydrogen-bond donors (Lipinski definition) is 0. The van der Waals surface area contributed by atoms with E-state index in [2.05, 4.69) is 10.1 Å². The van der Waals surface area contributed by atoms with Crippen molar-refractivity contribution in [1.29, 1.82) is 0 Å². The molecule has 130 valence electrons. The molecule has 0 aliphatic carbocycles. The van der Waals surface area contributed by atoms with Crippen LogP contribution in [0.1, 0.15) is 11.1 Å². The van der Waals surface area contributed by atoms with Crippen LogP contribution in [-0.4, -0.2) is 19.3 Å². The maximum absolute atomic E-state index is 12.8. The van der Waals surface area contributed by atoms with Gasteiger partial charge in [0.2, 0.25) is 0 Å². The molecule has 0 spiro atoms. The van der Waals surface area contributed by atoms with Crippen LogP contribution < -0.4 is 5.56 Å². The number of aromatic nitrogens is 4. The minimum Gasteiger partial charge on any atom is -0.294 e. The maximum atomic E-state index is 12.8. The monoisotopic (exact) mass is 384 g/mol. The SMILES string of the molecule is Cc1ccc(-n2ncc3c(=O)n(Cc4ccc(Cl)c(Cl)c4)cnc32)cc1. The van der Waals surface area contributed by atoms with Gasteiger partial charge in [0.1, 0.15) is 11.7 Å². The Hall–Kier alpha value is -2.63. The van der Waals surface area contributed by atoms with E-state index in [9.17, 15) is 4.79 Å². The Morgan fingerprint density at radius 1 is 1.04 bits per heavy atom. The van der Waals surface area contributed by atoms with Gasteiger partial charge < -0.3 is 0 Å². The Labute approximate surface area is 159 Å². The van der Waals surface area contributed by atoms with Crippen LogP contribution in [0.3, 0.4) is 0 Å². The molecule has 0 saturated heterocycles. The van der Waals surface area contributed by atoms with Gasteiger partial charge in [-0.25, -0.2) is 9.67 Å². The fourth-order valence-electron chi connectivity index (χ4n) is 2.77. The number of aryl methyl sites for hydroxylation is 1. The Morgan fingerprint density at radius 3 is 2.54 bits per heavy atom. The van der Waals surface area contributed by atoms with Crippen molar-refractivity contribution in [3.63, 3.8) is 0 Å². The number of fused-ring (bicyclic) bond motifs is 1. The second kappa shape index (κ2) is 6.59. The number of hydrogen-bond acceptors (Lipinski definition) is 3. The molecule has 0 amide bonds. The topological polar surface area (TPSA) is 52.7 Å². The molecule has 2 aromatic heterocycles. The van der Waals surface area contributed by atoms with Gasteiger partial charge in [-0.3, -0.25) is 9.36 Å². The van der Waals surface area contributed by atoms with Crippen LogP contribution in [0.15, 0.2) is 59.8 Å². The van der Waals surface area contributed by atoms with E-state index in [1.54, 1.807) is 23.0 Å². The van der Waals surface area contributed by atoms with Crippen molar-refractivity contribution >= 4 is 34.2 Å². The molecule has 4 aromatic rings. The molecule has 0 saturated carbocycles. The largest absolute Gasteiger partial charge is 0.294 e. The van der Waals surface area contributed by atoms with Crippen LogP contribution in [0.5, 0.6) is 0 Å². The highest BCUT2D eigenvalue weighted by molar-refractivity contribution is 6.42. The minimum atomic E-state index is -0.153. The van der Waals surface area contributed by atoms with Gasteiger partial charge in [0.15, 0.2) is 5.65 Å². The summed E-state index contributed by atoms with van der Waals surface area (Å²) in [6.45, 7) is 2.37. The molecule has 0 aliphatic rings. The van der Waals surface area contributed by atoms with Gasteiger partial charge in [-0.05, 0) is 36.8 Å². The van der Waals surface area contributed by atoms with Crippen LogP contribution >= 0.6 is 23.2 Å². The first kappa shape index (κ1) is 16.8. The van der Waals surface area contributed by atoms with E-state index >= 15 is 0 Å². The molecular weight excluding hydrogens is 371 g/mol. The van der Waals surface area contributed by atoms with Gasteiger partial charge >= 0.3 is 0 Å². The first-order chi connectivity index (χ1) is 12.5. The number of halogens is 2. The summed E-state index contributed by atoms with van der Waals surface area (Å²) in [5.41, 5.74) is 3.26. The van der Waals surface area contributed by atoms with Crippen molar-refractivity contribution < 1.29 is 0 Å². The van der Waals surface area contributed by atoms with Crippen molar-refractivity contribution in [3.05, 3.63) is 86.5 Å². The fraction of sp³-hybridized carbons (Fsp3) is 0.105. The van der Waals surface area contributed by atoms with Crippen molar-refractivity contribution in [1.82, 2.24) is 19.3 Å². The summed E-state index contributed by atoms with van der Waals surface area (Å²) in [7, 11) is 0. The predicted octanol–water partition coefficient (Wildman–Crippen LogP) is 4.25. The zero-order chi connectivity index (χ0) is 18.3. The Balaban J connectivity index is 1.75. The lowest BCUT2D eigenvalue weighted by Gasteiger charge is -2.07. The van der Waals surface area contributed by atoms with E-state index in [1.807, 2.05) is 37.3 Å². The highest BCUT2D eigenvalue weighted by Gasteiger charge is 2.12. The lowest BCUT2D eigenvalue weighted by molar-refractivity contribution is 0.745. The van der Waals surface area contributed by atoms with E-state index in [-0.39, 0.29) is 5.56 Å². The Kier molecular flexibility index (Phi) is 4.26. The Morgan fingerprint density at radius 2 is 1.81 bits per heavy atom. The average molecular weight is 385 g/mol. The maximum Gasteiger partial charge on any atom is 0.264 e. The molecule has 0 radical (unpaired) electrons. The Bertz CT molecular complexity index is 1160. The first-order valence-corrected chi connectivity index (χ1v) is 8.72. The van der Waals surface area contributed by atoms with Crippen molar-refractivity contribution in [3.8, 4) is 5.69 Å². The molecule has 26 heavy (non-hydrogen) atoms. The average Bonchev–Trinajstić information content (AvgIpc) is 3.06. The van der Waals surface area contributed by atoms with Crippen LogP contribution in [0.2, 0.25) is 10.0 Å². The predicted molar refractivity (Wildman–Crippen MR) is 103 cm³/mol. The molecule has 0 N–H and O–H groups in total. The third kappa shape index (κ3) is 3.00. The second-order valence-electron chi connectivity index (χ2n) is 6.06.